The smallest absolute Gasteiger partial charge is 0.327 e. The summed E-state index contributed by atoms with van der Waals surface area (Å²) in [7, 11) is 0. The van der Waals surface area contributed by atoms with Crippen LogP contribution in [-0.4, -0.2) is 42.5 Å². The maximum Gasteiger partial charge on any atom is 0.344 e. The number of carbonyl (C=O) groups excluding carboxylic acids is 3. The van der Waals surface area contributed by atoms with E-state index in [1.165, 1.54) is 4.90 Å². The average molecular weight is 317 g/mol. The van der Waals surface area contributed by atoms with Crippen LogP contribution in [0.5, 0.6) is 0 Å². The maximum atomic E-state index is 12.6. The summed E-state index contributed by atoms with van der Waals surface area (Å²) in [5.41, 5.74) is 1.96. The van der Waals surface area contributed by atoms with Crippen molar-refractivity contribution >= 4 is 17.8 Å². The van der Waals surface area contributed by atoms with Crippen LogP contribution in [-0.2, 0) is 15.1 Å². The second-order valence-corrected chi connectivity index (χ2v) is 6.23. The number of likely N-dealkylation sites (tertiary alicyclic amines) is 1. The molecule has 0 aromatic heterocycles. The lowest BCUT2D eigenvalue weighted by Crippen LogP contribution is -3.11. The highest BCUT2D eigenvalue weighted by atomic mass is 16.2. The van der Waals surface area contributed by atoms with Crippen molar-refractivity contribution in [1.29, 1.82) is 0 Å². The van der Waals surface area contributed by atoms with Crippen LogP contribution in [0.25, 0.3) is 0 Å². The second kappa shape index (κ2) is 6.00. The summed E-state index contributed by atoms with van der Waals surface area (Å²) in [4.78, 5) is 38.0. The molecule has 7 nitrogen and oxygen atoms in total. The maximum absolute atomic E-state index is 12.6. The Kier molecular flexibility index (Phi) is 4.04. The first-order valence-electron chi connectivity index (χ1n) is 7.86. The van der Waals surface area contributed by atoms with Gasteiger partial charge in [-0.25, -0.2) is 4.79 Å². The van der Waals surface area contributed by atoms with E-state index in [0.29, 0.717) is 5.56 Å². The van der Waals surface area contributed by atoms with E-state index in [1.807, 2.05) is 6.07 Å². The predicted octanol–water partition coefficient (Wildman–Crippen LogP) is -0.836. The Morgan fingerprint density at radius 2 is 1.91 bits per heavy atom. The molecule has 1 aromatic carbocycles. The molecule has 4 amide bonds. The zero-order valence-electron chi connectivity index (χ0n) is 13.1. The van der Waals surface area contributed by atoms with E-state index >= 15 is 0 Å². The molecule has 3 N–H and O–H groups in total. The molecule has 1 atom stereocenters. The first kappa shape index (κ1) is 15.5. The van der Waals surface area contributed by atoms with Crippen molar-refractivity contribution in [1.82, 2.24) is 15.8 Å². The Labute approximate surface area is 134 Å². The molecular formula is C16H21N4O3+. The van der Waals surface area contributed by atoms with Gasteiger partial charge in [0, 0.05) is 12.8 Å². The van der Waals surface area contributed by atoms with Crippen LogP contribution in [0.15, 0.2) is 30.3 Å². The second-order valence-electron chi connectivity index (χ2n) is 6.23. The number of quaternary nitrogens is 1. The van der Waals surface area contributed by atoms with Gasteiger partial charge in [0.25, 0.3) is 11.8 Å². The summed E-state index contributed by atoms with van der Waals surface area (Å²) in [5, 5.41) is 3.46. The number of nitrogens with zero attached hydrogens (tertiary/aromatic N) is 1. The van der Waals surface area contributed by atoms with E-state index in [2.05, 4.69) is 10.7 Å². The summed E-state index contributed by atoms with van der Waals surface area (Å²) in [6.07, 6.45) is 2.22. The van der Waals surface area contributed by atoms with Crippen molar-refractivity contribution in [3.63, 3.8) is 0 Å². The summed E-state index contributed by atoms with van der Waals surface area (Å²) in [6.45, 7) is 3.82. The van der Waals surface area contributed by atoms with Gasteiger partial charge in [-0.2, -0.15) is 5.01 Å². The van der Waals surface area contributed by atoms with Crippen molar-refractivity contribution in [2.24, 2.45) is 0 Å². The molecular weight excluding hydrogens is 296 g/mol. The molecule has 0 unspecified atom stereocenters. The highest BCUT2D eigenvalue weighted by molar-refractivity contribution is 6.08. The third-order valence-corrected chi connectivity index (χ3v) is 4.50. The molecule has 3 rings (SSSR count). The number of benzene rings is 1. The van der Waals surface area contributed by atoms with Gasteiger partial charge in [0.05, 0.1) is 13.1 Å². The Morgan fingerprint density at radius 1 is 1.26 bits per heavy atom. The minimum atomic E-state index is -1.16. The molecule has 0 bridgehead atoms. The number of imide groups is 1. The van der Waals surface area contributed by atoms with E-state index in [1.54, 1.807) is 31.2 Å². The molecule has 2 saturated heterocycles. The number of hydrogen-bond acceptors (Lipinski definition) is 3. The number of nitrogens with one attached hydrogen (secondary N) is 3. The minimum Gasteiger partial charge on any atom is -0.327 e. The number of hydrogen-bond donors (Lipinski definition) is 3. The van der Waals surface area contributed by atoms with Gasteiger partial charge in [-0.3, -0.25) is 15.0 Å². The van der Waals surface area contributed by atoms with Crippen LogP contribution >= 0.6 is 0 Å². The molecule has 0 saturated carbocycles. The number of hydrazine groups is 1. The molecule has 0 spiro atoms. The van der Waals surface area contributed by atoms with Crippen molar-refractivity contribution in [2.45, 2.75) is 25.3 Å². The fraction of sp³-hybridized carbons (Fsp3) is 0.438. The van der Waals surface area contributed by atoms with Gasteiger partial charge in [0.2, 0.25) is 0 Å². The van der Waals surface area contributed by atoms with Crippen molar-refractivity contribution in [2.75, 3.05) is 19.6 Å². The lowest BCUT2D eigenvalue weighted by molar-refractivity contribution is -0.879. The number of carbonyl (C=O) groups is 3. The standard InChI is InChI=1S/C16H20N4O3/c1-16(12-7-3-2-4-8-12)14(22)20(15(23)17-16)18-13(21)11-19-9-5-6-10-19/h2-4,7-8H,5-6,9-11H2,1H3,(H,17,23)(H,18,21)/p+1/t16-/m0/s1. The topological polar surface area (TPSA) is 83.0 Å². The van der Waals surface area contributed by atoms with E-state index in [9.17, 15) is 14.4 Å². The monoisotopic (exact) mass is 317 g/mol. The average Bonchev–Trinajstić information content (AvgIpc) is 3.11. The van der Waals surface area contributed by atoms with Gasteiger partial charge in [0.15, 0.2) is 6.54 Å². The Morgan fingerprint density at radius 3 is 2.57 bits per heavy atom. The predicted molar refractivity (Wildman–Crippen MR) is 82.1 cm³/mol. The third-order valence-electron chi connectivity index (χ3n) is 4.50. The van der Waals surface area contributed by atoms with Gasteiger partial charge in [-0.15, -0.1) is 0 Å². The van der Waals surface area contributed by atoms with E-state index in [4.69, 9.17) is 0 Å². The van der Waals surface area contributed by atoms with Crippen LogP contribution in [0.3, 0.4) is 0 Å². The SMILES string of the molecule is C[C@@]1(c2ccccc2)NC(=O)N(NC(=O)C[NH+]2CCCC2)C1=O. The molecule has 23 heavy (non-hydrogen) atoms. The summed E-state index contributed by atoms with van der Waals surface area (Å²) < 4.78 is 0. The highest BCUT2D eigenvalue weighted by Crippen LogP contribution is 2.27. The molecule has 122 valence electrons. The van der Waals surface area contributed by atoms with Gasteiger partial charge in [-0.1, -0.05) is 30.3 Å². The summed E-state index contributed by atoms with van der Waals surface area (Å²) in [5.74, 6) is -0.791. The van der Waals surface area contributed by atoms with Gasteiger partial charge >= 0.3 is 6.03 Å². The molecule has 7 heteroatoms. The number of amides is 4. The summed E-state index contributed by atoms with van der Waals surface area (Å²) >= 11 is 0. The van der Waals surface area contributed by atoms with Crippen molar-refractivity contribution in [3.05, 3.63) is 35.9 Å². The number of urea groups is 1. The Hall–Kier alpha value is -2.41. The largest absolute Gasteiger partial charge is 0.344 e. The quantitative estimate of drug-likeness (QED) is 0.634. The molecule has 0 aliphatic carbocycles. The molecule has 2 aliphatic heterocycles. The normalized spacial score (nSPS) is 24.8. The molecule has 1 aromatic rings. The highest BCUT2D eigenvalue weighted by Gasteiger charge is 2.50. The number of rotatable bonds is 4. The minimum absolute atomic E-state index is 0.277. The first-order chi connectivity index (χ1) is 11.0. The molecule has 2 fully saturated rings. The van der Waals surface area contributed by atoms with Gasteiger partial charge in [0.1, 0.15) is 5.54 Å². The van der Waals surface area contributed by atoms with Crippen LogP contribution in [0, 0.1) is 0 Å². The molecule has 2 heterocycles. The van der Waals surface area contributed by atoms with Crippen molar-refractivity contribution < 1.29 is 19.3 Å². The fourth-order valence-electron chi connectivity index (χ4n) is 3.15. The van der Waals surface area contributed by atoms with E-state index in [0.717, 1.165) is 30.9 Å². The van der Waals surface area contributed by atoms with Crippen LogP contribution in [0.2, 0.25) is 0 Å². The lowest BCUT2D eigenvalue weighted by Gasteiger charge is -2.22. The molecule has 0 radical (unpaired) electrons. The van der Waals surface area contributed by atoms with Gasteiger partial charge < -0.3 is 10.2 Å². The zero-order valence-corrected chi connectivity index (χ0v) is 13.1. The summed E-state index contributed by atoms with van der Waals surface area (Å²) in [6, 6.07) is 8.39. The molecule has 2 aliphatic rings. The van der Waals surface area contributed by atoms with Crippen LogP contribution < -0.4 is 15.6 Å². The lowest BCUT2D eigenvalue weighted by atomic mass is 9.92. The van der Waals surface area contributed by atoms with Gasteiger partial charge in [-0.05, 0) is 12.5 Å². The van der Waals surface area contributed by atoms with E-state index < -0.39 is 17.5 Å². The zero-order chi connectivity index (χ0) is 16.4. The van der Waals surface area contributed by atoms with Crippen LogP contribution in [0.1, 0.15) is 25.3 Å². The fourth-order valence-corrected chi connectivity index (χ4v) is 3.15. The Balaban J connectivity index is 1.70. The third kappa shape index (κ3) is 2.92. The Bertz CT molecular complexity index is 627. The van der Waals surface area contributed by atoms with Crippen LogP contribution in [0.4, 0.5) is 4.79 Å². The van der Waals surface area contributed by atoms with E-state index in [-0.39, 0.29) is 12.5 Å². The first-order valence-corrected chi connectivity index (χ1v) is 7.86. The van der Waals surface area contributed by atoms with Crippen molar-refractivity contribution in [3.8, 4) is 0 Å².